The first kappa shape index (κ1) is 12.8. The summed E-state index contributed by atoms with van der Waals surface area (Å²) in [5, 5.41) is 2.92. The van der Waals surface area contributed by atoms with E-state index in [2.05, 4.69) is 26.2 Å². The van der Waals surface area contributed by atoms with E-state index in [0.717, 1.165) is 10.2 Å². The Labute approximate surface area is 114 Å². The van der Waals surface area contributed by atoms with Crippen molar-refractivity contribution in [3.63, 3.8) is 0 Å². The number of aryl methyl sites for hydroxylation is 1. The van der Waals surface area contributed by atoms with E-state index in [0.29, 0.717) is 5.69 Å². The molecule has 0 aliphatic rings. The van der Waals surface area contributed by atoms with Crippen LogP contribution in [0.25, 0.3) is 0 Å². The van der Waals surface area contributed by atoms with Crippen LogP contribution in [0.5, 0.6) is 0 Å². The van der Waals surface area contributed by atoms with Crippen molar-refractivity contribution in [3.8, 4) is 0 Å². The summed E-state index contributed by atoms with van der Waals surface area (Å²) in [5.41, 5.74) is 1.46. The predicted octanol–water partition coefficient (Wildman–Crippen LogP) is 2.67. The topological polar surface area (TPSA) is 46.9 Å². The minimum absolute atomic E-state index is 0.110. The van der Waals surface area contributed by atoms with Crippen LogP contribution in [0.3, 0.4) is 0 Å². The maximum atomic E-state index is 12.1. The van der Waals surface area contributed by atoms with Gasteiger partial charge in [0.15, 0.2) is 0 Å². The van der Waals surface area contributed by atoms with Crippen molar-refractivity contribution in [2.75, 3.05) is 0 Å². The van der Waals surface area contributed by atoms with Crippen LogP contribution in [0.1, 0.15) is 29.1 Å². The third-order valence-electron chi connectivity index (χ3n) is 2.68. The van der Waals surface area contributed by atoms with Crippen LogP contribution >= 0.6 is 15.9 Å². The Morgan fingerprint density at radius 1 is 1.50 bits per heavy atom. The molecule has 18 heavy (non-hydrogen) atoms. The lowest BCUT2D eigenvalue weighted by molar-refractivity contribution is 0.0931. The third-order valence-corrected chi connectivity index (χ3v) is 3.12. The summed E-state index contributed by atoms with van der Waals surface area (Å²) < 4.78 is 2.67. The molecule has 1 amide bonds. The molecule has 2 rings (SSSR count). The molecule has 5 heteroatoms. The van der Waals surface area contributed by atoms with Crippen molar-refractivity contribution in [3.05, 3.63) is 52.5 Å². The predicted molar refractivity (Wildman–Crippen MR) is 73.2 cm³/mol. The van der Waals surface area contributed by atoms with Gasteiger partial charge in [0.25, 0.3) is 5.91 Å². The zero-order valence-corrected chi connectivity index (χ0v) is 11.8. The molecule has 0 aliphatic heterocycles. The number of carbonyl (C=O) groups is 1. The molecule has 0 saturated carbocycles. The van der Waals surface area contributed by atoms with Crippen LogP contribution < -0.4 is 5.32 Å². The molecule has 0 saturated heterocycles. The fourth-order valence-corrected chi connectivity index (χ4v) is 2.25. The summed E-state index contributed by atoms with van der Waals surface area (Å²) in [6.07, 6.45) is 3.57. The first-order valence-corrected chi connectivity index (χ1v) is 6.41. The second kappa shape index (κ2) is 5.35. The van der Waals surface area contributed by atoms with Gasteiger partial charge in [0.1, 0.15) is 5.69 Å². The molecule has 0 radical (unpaired) electrons. The second-order valence-electron chi connectivity index (χ2n) is 4.10. The zero-order valence-electron chi connectivity index (χ0n) is 10.2. The molecule has 0 aromatic carbocycles. The van der Waals surface area contributed by atoms with Gasteiger partial charge in [0.2, 0.25) is 0 Å². The summed E-state index contributed by atoms with van der Waals surface area (Å²) in [4.78, 5) is 16.3. The molecule has 0 bridgehead atoms. The van der Waals surface area contributed by atoms with Gasteiger partial charge >= 0.3 is 0 Å². The Kier molecular flexibility index (Phi) is 3.81. The van der Waals surface area contributed by atoms with E-state index < -0.39 is 0 Å². The number of nitrogens with one attached hydrogen (secondary N) is 1. The molecule has 2 heterocycles. The number of nitrogens with zero attached hydrogens (tertiary/aromatic N) is 2. The van der Waals surface area contributed by atoms with Gasteiger partial charge in [-0.1, -0.05) is 6.07 Å². The Balaban J connectivity index is 2.10. The summed E-state index contributed by atoms with van der Waals surface area (Å²) in [7, 11) is 1.84. The number of hydrogen-bond donors (Lipinski definition) is 1. The van der Waals surface area contributed by atoms with Crippen molar-refractivity contribution in [1.82, 2.24) is 14.9 Å². The molecule has 1 unspecified atom stereocenters. The van der Waals surface area contributed by atoms with Crippen LogP contribution in [-0.2, 0) is 7.05 Å². The van der Waals surface area contributed by atoms with E-state index in [4.69, 9.17) is 0 Å². The molecule has 1 atom stereocenters. The molecular formula is C13H14BrN3O. The lowest BCUT2D eigenvalue weighted by Gasteiger charge is -2.13. The van der Waals surface area contributed by atoms with Gasteiger partial charge in [0.05, 0.1) is 11.7 Å². The van der Waals surface area contributed by atoms with Crippen molar-refractivity contribution in [1.29, 1.82) is 0 Å². The molecule has 2 aromatic heterocycles. The van der Waals surface area contributed by atoms with E-state index in [9.17, 15) is 4.79 Å². The smallest absolute Gasteiger partial charge is 0.268 e. The monoisotopic (exact) mass is 307 g/mol. The molecule has 94 valence electrons. The Hall–Kier alpha value is -1.62. The number of amides is 1. The fourth-order valence-electron chi connectivity index (χ4n) is 1.73. The maximum absolute atomic E-state index is 12.1. The normalized spacial score (nSPS) is 12.2. The van der Waals surface area contributed by atoms with Crippen LogP contribution in [0.2, 0.25) is 0 Å². The lowest BCUT2D eigenvalue weighted by Crippen LogP contribution is -2.28. The molecule has 1 N–H and O–H groups in total. The summed E-state index contributed by atoms with van der Waals surface area (Å²) in [5.74, 6) is -0.110. The molecule has 0 fully saturated rings. The van der Waals surface area contributed by atoms with E-state index in [1.807, 2.05) is 38.4 Å². The highest BCUT2D eigenvalue weighted by molar-refractivity contribution is 9.10. The van der Waals surface area contributed by atoms with Gasteiger partial charge < -0.3 is 9.88 Å². The Morgan fingerprint density at radius 3 is 2.83 bits per heavy atom. The van der Waals surface area contributed by atoms with Gasteiger partial charge in [0, 0.05) is 23.9 Å². The minimum Gasteiger partial charge on any atom is -0.345 e. The van der Waals surface area contributed by atoms with Crippen molar-refractivity contribution in [2.45, 2.75) is 13.0 Å². The third kappa shape index (κ3) is 2.79. The first-order chi connectivity index (χ1) is 8.58. The highest BCUT2D eigenvalue weighted by Crippen LogP contribution is 2.15. The minimum atomic E-state index is -0.118. The molecule has 0 aliphatic carbocycles. The second-order valence-corrected chi connectivity index (χ2v) is 5.02. The molecule has 0 spiro atoms. The number of pyridine rings is 1. The number of aromatic nitrogens is 2. The van der Waals surface area contributed by atoms with E-state index in [1.54, 1.807) is 16.8 Å². The van der Waals surface area contributed by atoms with Gasteiger partial charge in [-0.25, -0.2) is 0 Å². The van der Waals surface area contributed by atoms with Crippen molar-refractivity contribution in [2.24, 2.45) is 7.05 Å². The molecule has 4 nitrogen and oxygen atoms in total. The summed E-state index contributed by atoms with van der Waals surface area (Å²) in [6, 6.07) is 7.33. The van der Waals surface area contributed by atoms with Crippen LogP contribution in [0.15, 0.2) is 41.1 Å². The lowest BCUT2D eigenvalue weighted by atomic mass is 10.2. The van der Waals surface area contributed by atoms with Crippen molar-refractivity contribution >= 4 is 21.8 Å². The van der Waals surface area contributed by atoms with Crippen LogP contribution in [-0.4, -0.2) is 15.5 Å². The number of carbonyl (C=O) groups excluding carboxylic acids is 1. The zero-order chi connectivity index (χ0) is 13.1. The molecule has 2 aromatic rings. The SMILES string of the molecule is CC(NC(=O)c1cc(Br)cn1C)c1ccccn1. The average molecular weight is 308 g/mol. The fraction of sp³-hybridized carbons (Fsp3) is 0.231. The average Bonchev–Trinajstić information content (AvgIpc) is 2.69. The largest absolute Gasteiger partial charge is 0.345 e. The van der Waals surface area contributed by atoms with Gasteiger partial charge in [-0.2, -0.15) is 0 Å². The van der Waals surface area contributed by atoms with Crippen molar-refractivity contribution < 1.29 is 4.79 Å². The van der Waals surface area contributed by atoms with Gasteiger partial charge in [-0.05, 0) is 41.1 Å². The van der Waals surface area contributed by atoms with Crippen LogP contribution in [0.4, 0.5) is 0 Å². The highest BCUT2D eigenvalue weighted by atomic mass is 79.9. The molecular weight excluding hydrogens is 294 g/mol. The maximum Gasteiger partial charge on any atom is 0.268 e. The van der Waals surface area contributed by atoms with E-state index in [-0.39, 0.29) is 11.9 Å². The van der Waals surface area contributed by atoms with Gasteiger partial charge in [-0.3, -0.25) is 9.78 Å². The summed E-state index contributed by atoms with van der Waals surface area (Å²) in [6.45, 7) is 1.91. The number of hydrogen-bond acceptors (Lipinski definition) is 2. The Bertz CT molecular complexity index is 551. The summed E-state index contributed by atoms with van der Waals surface area (Å²) >= 11 is 3.35. The number of halogens is 1. The van der Waals surface area contributed by atoms with E-state index >= 15 is 0 Å². The highest BCUT2D eigenvalue weighted by Gasteiger charge is 2.15. The van der Waals surface area contributed by atoms with E-state index in [1.165, 1.54) is 0 Å². The standard InChI is InChI=1S/C13H14BrN3O/c1-9(11-5-3-4-6-15-11)16-13(18)12-7-10(14)8-17(12)2/h3-9H,1-2H3,(H,16,18). The quantitative estimate of drug-likeness (QED) is 0.947. The first-order valence-electron chi connectivity index (χ1n) is 5.61. The van der Waals surface area contributed by atoms with Crippen LogP contribution in [0, 0.1) is 0 Å². The Morgan fingerprint density at radius 2 is 2.28 bits per heavy atom. The van der Waals surface area contributed by atoms with Gasteiger partial charge in [-0.15, -0.1) is 0 Å². The number of rotatable bonds is 3.